The quantitative estimate of drug-likeness (QED) is 0.519. The zero-order chi connectivity index (χ0) is 10.8. The summed E-state index contributed by atoms with van der Waals surface area (Å²) in [6.07, 6.45) is 7.62. The lowest BCUT2D eigenvalue weighted by Gasteiger charge is -1.95. The smallest absolute Gasteiger partial charge is 0.0635 e. The maximum Gasteiger partial charge on any atom is 0.0635 e. The maximum absolute atomic E-state index is 6.87. The molecule has 0 aliphatic rings. The number of hydrogen-bond donors (Lipinski definition) is 1. The Morgan fingerprint density at radius 1 is 1.07 bits per heavy atom. The lowest BCUT2D eigenvalue weighted by molar-refractivity contribution is 0.802. The van der Waals surface area contributed by atoms with E-state index in [-0.39, 0.29) is 0 Å². The van der Waals surface area contributed by atoms with Gasteiger partial charge in [0.1, 0.15) is 0 Å². The van der Waals surface area contributed by atoms with Gasteiger partial charge in [-0.15, -0.1) is 0 Å². The lowest BCUT2D eigenvalue weighted by atomic mass is 10.2. The van der Waals surface area contributed by atoms with Gasteiger partial charge in [-0.2, -0.15) is 0 Å². The van der Waals surface area contributed by atoms with Crippen LogP contribution in [-0.2, 0) is 6.54 Å². The molecule has 2 nitrogen and oxygen atoms in total. The number of aliphatic imine (C=N–C) groups is 1. The molecule has 0 aliphatic heterocycles. The maximum atomic E-state index is 6.87. The van der Waals surface area contributed by atoms with E-state index in [9.17, 15) is 0 Å². The Bertz CT molecular complexity index is 291. The minimum absolute atomic E-state index is 0.783. The third kappa shape index (κ3) is 5.78. The molecule has 0 aromatic heterocycles. The van der Waals surface area contributed by atoms with Crippen LogP contribution in [0, 0.1) is 5.41 Å². The predicted molar refractivity (Wildman–Crippen MR) is 65.9 cm³/mol. The first kappa shape index (κ1) is 11.6. The molecule has 15 heavy (non-hydrogen) atoms. The van der Waals surface area contributed by atoms with Gasteiger partial charge < -0.3 is 5.41 Å². The standard InChI is InChI=1S/C13H18N2/c14-10-6-1-2-7-11-15-12-13-8-4-3-5-9-13/h3-5,8-11,14H,1-2,6-7,12H2/b14-10?,15-11+. The summed E-state index contributed by atoms with van der Waals surface area (Å²) < 4.78 is 0. The molecule has 0 fully saturated rings. The van der Waals surface area contributed by atoms with E-state index in [0.29, 0.717) is 0 Å². The number of hydrogen-bond acceptors (Lipinski definition) is 2. The minimum Gasteiger partial charge on any atom is -0.313 e. The Morgan fingerprint density at radius 2 is 1.80 bits per heavy atom. The second kappa shape index (κ2) is 7.92. The third-order valence-corrected chi connectivity index (χ3v) is 2.18. The molecule has 0 amide bonds. The first-order chi connectivity index (χ1) is 7.43. The third-order valence-electron chi connectivity index (χ3n) is 2.18. The number of benzene rings is 1. The van der Waals surface area contributed by atoms with Crippen molar-refractivity contribution in [3.63, 3.8) is 0 Å². The highest BCUT2D eigenvalue weighted by atomic mass is 14.7. The van der Waals surface area contributed by atoms with E-state index in [1.54, 1.807) is 0 Å². The van der Waals surface area contributed by atoms with E-state index in [4.69, 9.17) is 5.41 Å². The van der Waals surface area contributed by atoms with Gasteiger partial charge in [0.05, 0.1) is 6.54 Å². The van der Waals surface area contributed by atoms with Crippen LogP contribution in [0.3, 0.4) is 0 Å². The monoisotopic (exact) mass is 202 g/mol. The first-order valence-corrected chi connectivity index (χ1v) is 5.44. The fourth-order valence-electron chi connectivity index (χ4n) is 1.33. The van der Waals surface area contributed by atoms with Crippen LogP contribution in [0.4, 0.5) is 0 Å². The molecule has 0 heterocycles. The van der Waals surface area contributed by atoms with Crippen molar-refractivity contribution in [2.24, 2.45) is 4.99 Å². The number of rotatable bonds is 7. The van der Waals surface area contributed by atoms with Gasteiger partial charge >= 0.3 is 0 Å². The van der Waals surface area contributed by atoms with Crippen LogP contribution in [0.2, 0.25) is 0 Å². The van der Waals surface area contributed by atoms with Crippen molar-refractivity contribution in [3.8, 4) is 0 Å². The van der Waals surface area contributed by atoms with E-state index in [2.05, 4.69) is 17.1 Å². The molecule has 1 aromatic rings. The molecule has 0 unspecified atom stereocenters. The van der Waals surface area contributed by atoms with Crippen molar-refractivity contribution in [2.75, 3.05) is 0 Å². The lowest BCUT2D eigenvalue weighted by Crippen LogP contribution is -1.83. The Balaban J connectivity index is 2.09. The minimum atomic E-state index is 0.783. The predicted octanol–water partition coefficient (Wildman–Crippen LogP) is 3.47. The Morgan fingerprint density at radius 3 is 2.53 bits per heavy atom. The molecule has 0 saturated heterocycles. The fourth-order valence-corrected chi connectivity index (χ4v) is 1.33. The highest BCUT2D eigenvalue weighted by molar-refractivity contribution is 5.57. The second-order valence-corrected chi connectivity index (χ2v) is 3.50. The van der Waals surface area contributed by atoms with Gasteiger partial charge in [-0.3, -0.25) is 4.99 Å². The fraction of sp³-hybridized carbons (Fsp3) is 0.385. The van der Waals surface area contributed by atoms with Crippen molar-refractivity contribution < 1.29 is 0 Å². The van der Waals surface area contributed by atoms with E-state index in [1.165, 1.54) is 11.8 Å². The highest BCUT2D eigenvalue weighted by Gasteiger charge is 1.87. The normalized spacial score (nSPS) is 10.7. The number of unbranched alkanes of at least 4 members (excludes halogenated alkanes) is 3. The number of nitrogens with zero attached hydrogens (tertiary/aromatic N) is 1. The zero-order valence-corrected chi connectivity index (χ0v) is 9.02. The summed E-state index contributed by atoms with van der Waals surface area (Å²) in [5, 5.41) is 6.87. The van der Waals surface area contributed by atoms with E-state index < -0.39 is 0 Å². The SMILES string of the molecule is N=CCCCC/C=N/Cc1ccccc1. The van der Waals surface area contributed by atoms with Crippen molar-refractivity contribution in [3.05, 3.63) is 35.9 Å². The first-order valence-electron chi connectivity index (χ1n) is 5.44. The molecule has 0 atom stereocenters. The molecule has 0 spiro atoms. The van der Waals surface area contributed by atoms with Crippen molar-refractivity contribution in [1.29, 1.82) is 5.41 Å². The number of nitrogens with one attached hydrogen (secondary N) is 1. The van der Waals surface area contributed by atoms with Crippen LogP contribution in [0.15, 0.2) is 35.3 Å². The molecule has 0 aliphatic carbocycles. The van der Waals surface area contributed by atoms with Crippen LogP contribution >= 0.6 is 0 Å². The average molecular weight is 202 g/mol. The van der Waals surface area contributed by atoms with Gasteiger partial charge in [0, 0.05) is 0 Å². The summed E-state index contributed by atoms with van der Waals surface area (Å²) in [7, 11) is 0. The molecule has 1 aromatic carbocycles. The molecule has 0 saturated carbocycles. The highest BCUT2D eigenvalue weighted by Crippen LogP contribution is 2.00. The van der Waals surface area contributed by atoms with Crippen molar-refractivity contribution >= 4 is 12.4 Å². The van der Waals surface area contributed by atoms with Gasteiger partial charge in [0.15, 0.2) is 0 Å². The van der Waals surface area contributed by atoms with Crippen LogP contribution in [0.25, 0.3) is 0 Å². The average Bonchev–Trinajstić information content (AvgIpc) is 2.29. The summed E-state index contributed by atoms with van der Waals surface area (Å²) >= 11 is 0. The van der Waals surface area contributed by atoms with Crippen LogP contribution in [-0.4, -0.2) is 12.4 Å². The summed E-state index contributed by atoms with van der Waals surface area (Å²) in [5.41, 5.74) is 1.26. The summed E-state index contributed by atoms with van der Waals surface area (Å²) in [4.78, 5) is 4.36. The van der Waals surface area contributed by atoms with Gasteiger partial charge in [-0.05, 0) is 43.7 Å². The summed E-state index contributed by atoms with van der Waals surface area (Å²) in [6, 6.07) is 10.3. The Labute approximate surface area is 91.6 Å². The molecule has 1 N–H and O–H groups in total. The molecular weight excluding hydrogens is 184 g/mol. The summed E-state index contributed by atoms with van der Waals surface area (Å²) in [5.74, 6) is 0. The van der Waals surface area contributed by atoms with Gasteiger partial charge in [0.25, 0.3) is 0 Å². The van der Waals surface area contributed by atoms with Crippen LogP contribution in [0.1, 0.15) is 31.2 Å². The Kier molecular flexibility index (Phi) is 6.14. The van der Waals surface area contributed by atoms with E-state index >= 15 is 0 Å². The van der Waals surface area contributed by atoms with Crippen LogP contribution in [0.5, 0.6) is 0 Å². The van der Waals surface area contributed by atoms with Gasteiger partial charge in [-0.1, -0.05) is 30.3 Å². The molecule has 1 rings (SSSR count). The largest absolute Gasteiger partial charge is 0.313 e. The van der Waals surface area contributed by atoms with Crippen molar-refractivity contribution in [2.45, 2.75) is 32.2 Å². The molecule has 80 valence electrons. The van der Waals surface area contributed by atoms with E-state index in [0.717, 1.165) is 32.2 Å². The Hall–Kier alpha value is -1.44. The zero-order valence-electron chi connectivity index (χ0n) is 9.02. The van der Waals surface area contributed by atoms with E-state index in [1.807, 2.05) is 24.4 Å². The molecule has 2 heteroatoms. The van der Waals surface area contributed by atoms with Crippen molar-refractivity contribution in [1.82, 2.24) is 0 Å². The van der Waals surface area contributed by atoms with Gasteiger partial charge in [-0.25, -0.2) is 0 Å². The molecule has 0 radical (unpaired) electrons. The topological polar surface area (TPSA) is 36.2 Å². The van der Waals surface area contributed by atoms with Gasteiger partial charge in [0.2, 0.25) is 0 Å². The summed E-state index contributed by atoms with van der Waals surface area (Å²) in [6.45, 7) is 0.783. The van der Waals surface area contributed by atoms with Crippen LogP contribution < -0.4 is 0 Å². The molecular formula is C13H18N2. The second-order valence-electron chi connectivity index (χ2n) is 3.50. The molecule has 0 bridgehead atoms.